The fraction of sp³-hybridized carbons (Fsp3) is 0.625. The number of rotatable bonds is 1. The van der Waals surface area contributed by atoms with Gasteiger partial charge >= 0.3 is 6.09 Å². The molecule has 0 aliphatic heterocycles. The van der Waals surface area contributed by atoms with Gasteiger partial charge in [-0.05, 0) is 27.7 Å². The number of nitrogens with zero attached hydrogens (tertiary/aromatic N) is 3. The van der Waals surface area contributed by atoms with Crippen molar-refractivity contribution in [3.05, 3.63) is 12.2 Å². The lowest BCUT2D eigenvalue weighted by Gasteiger charge is -2.19. The minimum absolute atomic E-state index is 0.508. The molecule has 0 fully saturated rings. The third-order valence-corrected chi connectivity index (χ3v) is 1.33. The van der Waals surface area contributed by atoms with Crippen molar-refractivity contribution in [3.8, 4) is 0 Å². The number of ether oxygens (including phenoxy) is 1. The summed E-state index contributed by atoms with van der Waals surface area (Å²) >= 11 is 0. The molecule has 1 heterocycles. The van der Waals surface area contributed by atoms with E-state index in [1.807, 2.05) is 0 Å². The van der Waals surface area contributed by atoms with Gasteiger partial charge in [0.2, 0.25) is 0 Å². The zero-order valence-electron chi connectivity index (χ0n) is 8.74. The van der Waals surface area contributed by atoms with Gasteiger partial charge in [0.15, 0.2) is 0 Å². The van der Waals surface area contributed by atoms with Gasteiger partial charge in [-0.3, -0.25) is 0 Å². The predicted octanol–water partition coefficient (Wildman–Crippen LogP) is 1.07. The minimum atomic E-state index is -0.527. The van der Waals surface area contributed by atoms with Crippen LogP contribution in [-0.4, -0.2) is 26.6 Å². The van der Waals surface area contributed by atoms with Crippen molar-refractivity contribution in [2.75, 3.05) is 5.43 Å². The molecule has 1 aromatic heterocycles. The van der Waals surface area contributed by atoms with E-state index in [9.17, 15) is 4.79 Å². The Hall–Kier alpha value is -1.59. The maximum Gasteiger partial charge on any atom is 0.427 e. The molecule has 0 aliphatic carbocycles. The molecule has 1 rings (SSSR count). The van der Waals surface area contributed by atoms with E-state index in [-0.39, 0.29) is 0 Å². The molecule has 0 saturated heterocycles. The van der Waals surface area contributed by atoms with E-state index in [0.29, 0.717) is 5.82 Å². The lowest BCUT2D eigenvalue weighted by Crippen LogP contribution is -2.31. The zero-order chi connectivity index (χ0) is 10.8. The van der Waals surface area contributed by atoms with Gasteiger partial charge in [0.05, 0.1) is 0 Å². The molecule has 0 spiro atoms. The van der Waals surface area contributed by atoms with Gasteiger partial charge in [-0.1, -0.05) is 0 Å². The van der Waals surface area contributed by atoms with Crippen molar-refractivity contribution in [2.45, 2.75) is 33.3 Å². The highest BCUT2D eigenvalue weighted by Crippen LogP contribution is 2.06. The maximum absolute atomic E-state index is 11.3. The van der Waals surface area contributed by atoms with Crippen LogP contribution in [0.3, 0.4) is 0 Å². The molecule has 6 nitrogen and oxygen atoms in total. The van der Waals surface area contributed by atoms with Crippen LogP contribution < -0.4 is 5.43 Å². The molecular formula is C8H14N4O2. The SMILES string of the molecule is Cc1nncn1NC(=O)OC(C)(C)C. The summed E-state index contributed by atoms with van der Waals surface area (Å²) in [5.74, 6) is 0.593. The van der Waals surface area contributed by atoms with Crippen LogP contribution in [0.25, 0.3) is 0 Å². The van der Waals surface area contributed by atoms with E-state index in [0.717, 1.165) is 0 Å². The van der Waals surface area contributed by atoms with Gasteiger partial charge in [-0.15, -0.1) is 10.2 Å². The average Bonchev–Trinajstić information content (AvgIpc) is 2.32. The molecule has 1 N–H and O–H groups in total. The maximum atomic E-state index is 11.3. The molecule has 1 aromatic rings. The van der Waals surface area contributed by atoms with Crippen LogP contribution in [0.5, 0.6) is 0 Å². The second kappa shape index (κ2) is 3.65. The highest BCUT2D eigenvalue weighted by Gasteiger charge is 2.16. The fourth-order valence-corrected chi connectivity index (χ4v) is 0.802. The number of carbonyl (C=O) groups excluding carboxylic acids is 1. The Kier molecular flexibility index (Phi) is 2.73. The Morgan fingerprint density at radius 2 is 2.21 bits per heavy atom. The number of aryl methyl sites for hydroxylation is 1. The first-order valence-corrected chi connectivity index (χ1v) is 4.25. The zero-order valence-corrected chi connectivity index (χ0v) is 8.74. The Morgan fingerprint density at radius 3 is 2.64 bits per heavy atom. The van der Waals surface area contributed by atoms with Crippen molar-refractivity contribution in [1.82, 2.24) is 14.9 Å². The predicted molar refractivity (Wildman–Crippen MR) is 50.4 cm³/mol. The van der Waals surface area contributed by atoms with Gasteiger partial charge in [0.25, 0.3) is 0 Å². The van der Waals surface area contributed by atoms with Gasteiger partial charge < -0.3 is 4.74 Å². The summed E-state index contributed by atoms with van der Waals surface area (Å²) in [5.41, 5.74) is 1.97. The van der Waals surface area contributed by atoms with E-state index in [4.69, 9.17) is 4.74 Å². The minimum Gasteiger partial charge on any atom is -0.443 e. The smallest absolute Gasteiger partial charge is 0.427 e. The van der Waals surface area contributed by atoms with Gasteiger partial charge in [-0.25, -0.2) is 14.9 Å². The number of hydrogen-bond acceptors (Lipinski definition) is 4. The number of nitrogens with one attached hydrogen (secondary N) is 1. The van der Waals surface area contributed by atoms with Crippen LogP contribution in [0.1, 0.15) is 26.6 Å². The number of hydrogen-bond donors (Lipinski definition) is 1. The summed E-state index contributed by atoms with van der Waals surface area (Å²) in [6.07, 6.45) is 0.875. The van der Waals surface area contributed by atoms with Crippen molar-refractivity contribution in [2.24, 2.45) is 0 Å². The van der Waals surface area contributed by atoms with Crippen LogP contribution in [-0.2, 0) is 4.74 Å². The second-order valence-corrected chi connectivity index (χ2v) is 3.86. The molecular weight excluding hydrogens is 184 g/mol. The van der Waals surface area contributed by atoms with E-state index in [2.05, 4.69) is 15.6 Å². The van der Waals surface area contributed by atoms with Gasteiger partial charge in [0.1, 0.15) is 17.8 Å². The van der Waals surface area contributed by atoms with Crippen LogP contribution in [0, 0.1) is 6.92 Å². The largest absolute Gasteiger partial charge is 0.443 e. The first kappa shape index (κ1) is 10.5. The molecule has 78 valence electrons. The van der Waals surface area contributed by atoms with Crippen molar-refractivity contribution >= 4 is 6.09 Å². The van der Waals surface area contributed by atoms with Crippen molar-refractivity contribution in [3.63, 3.8) is 0 Å². The van der Waals surface area contributed by atoms with E-state index < -0.39 is 11.7 Å². The highest BCUT2D eigenvalue weighted by molar-refractivity contribution is 5.76. The first-order chi connectivity index (χ1) is 6.38. The summed E-state index contributed by atoms with van der Waals surface area (Å²) in [6.45, 7) is 7.12. The molecule has 6 heteroatoms. The van der Waals surface area contributed by atoms with Crippen LogP contribution in [0.4, 0.5) is 4.79 Å². The molecule has 0 saturated carbocycles. The summed E-state index contributed by atoms with van der Waals surface area (Å²) in [5, 5.41) is 7.32. The van der Waals surface area contributed by atoms with Crippen molar-refractivity contribution < 1.29 is 9.53 Å². The quantitative estimate of drug-likeness (QED) is 0.732. The van der Waals surface area contributed by atoms with Crippen molar-refractivity contribution in [1.29, 1.82) is 0 Å². The van der Waals surface area contributed by atoms with E-state index in [1.54, 1.807) is 27.7 Å². The number of aromatic nitrogens is 3. The highest BCUT2D eigenvalue weighted by atomic mass is 16.6. The van der Waals surface area contributed by atoms with Crippen LogP contribution in [0.2, 0.25) is 0 Å². The van der Waals surface area contributed by atoms with E-state index in [1.165, 1.54) is 11.0 Å². The fourth-order valence-electron chi connectivity index (χ4n) is 0.802. The normalized spacial score (nSPS) is 11.1. The van der Waals surface area contributed by atoms with Gasteiger partial charge in [-0.2, -0.15) is 0 Å². The monoisotopic (exact) mass is 198 g/mol. The molecule has 0 atom stereocenters. The topological polar surface area (TPSA) is 69.0 Å². The second-order valence-electron chi connectivity index (χ2n) is 3.86. The summed E-state index contributed by atoms with van der Waals surface area (Å²) in [7, 11) is 0. The summed E-state index contributed by atoms with van der Waals surface area (Å²) in [4.78, 5) is 11.3. The lowest BCUT2D eigenvalue weighted by molar-refractivity contribution is 0.0612. The standard InChI is InChI=1S/C8H14N4O2/c1-6-10-9-5-12(6)11-7(13)14-8(2,3)4/h5H,1-4H3,(H,11,13). The third-order valence-electron chi connectivity index (χ3n) is 1.33. The van der Waals surface area contributed by atoms with Crippen LogP contribution in [0.15, 0.2) is 6.33 Å². The van der Waals surface area contributed by atoms with Crippen LogP contribution >= 0.6 is 0 Å². The summed E-state index contributed by atoms with van der Waals surface area (Å²) < 4.78 is 6.44. The molecule has 0 bridgehead atoms. The Bertz CT molecular complexity index is 326. The Balaban J connectivity index is 2.54. The molecule has 0 aliphatic rings. The summed E-state index contributed by atoms with van der Waals surface area (Å²) in [6, 6.07) is 0. The molecule has 1 amide bonds. The Morgan fingerprint density at radius 1 is 1.57 bits per heavy atom. The molecule has 14 heavy (non-hydrogen) atoms. The first-order valence-electron chi connectivity index (χ1n) is 4.25. The molecule has 0 unspecified atom stereocenters. The molecule has 0 aromatic carbocycles. The van der Waals surface area contributed by atoms with E-state index >= 15 is 0 Å². The lowest BCUT2D eigenvalue weighted by atomic mass is 10.2. The number of amides is 1. The molecule has 0 radical (unpaired) electrons. The average molecular weight is 198 g/mol. The Labute approximate surface area is 82.2 Å². The number of carbonyl (C=O) groups is 1. The van der Waals surface area contributed by atoms with Gasteiger partial charge in [0, 0.05) is 0 Å². The third kappa shape index (κ3) is 3.04.